The summed E-state index contributed by atoms with van der Waals surface area (Å²) in [6, 6.07) is 11.3. The molecule has 2 rings (SSSR count). The SMILES string of the molecule is CO[C@@H](C)CNC1CCN(c2ccccc2)CC1. The van der Waals surface area contributed by atoms with Crippen LogP contribution in [0.3, 0.4) is 0 Å². The molecule has 0 spiro atoms. The van der Waals surface area contributed by atoms with Crippen LogP contribution in [0.5, 0.6) is 0 Å². The molecule has 1 heterocycles. The van der Waals surface area contributed by atoms with Crippen molar-refractivity contribution >= 4 is 5.69 Å². The molecule has 1 aromatic rings. The molecular weight excluding hydrogens is 224 g/mol. The second kappa shape index (κ2) is 6.76. The first-order valence-corrected chi connectivity index (χ1v) is 6.86. The van der Waals surface area contributed by atoms with Crippen LogP contribution in [0.25, 0.3) is 0 Å². The van der Waals surface area contributed by atoms with E-state index < -0.39 is 0 Å². The Morgan fingerprint density at radius 3 is 2.56 bits per heavy atom. The maximum absolute atomic E-state index is 5.26. The summed E-state index contributed by atoms with van der Waals surface area (Å²) in [4.78, 5) is 2.47. The van der Waals surface area contributed by atoms with E-state index in [2.05, 4.69) is 47.5 Å². The van der Waals surface area contributed by atoms with E-state index in [-0.39, 0.29) is 0 Å². The zero-order valence-electron chi connectivity index (χ0n) is 11.4. The van der Waals surface area contributed by atoms with Crippen molar-refractivity contribution in [2.45, 2.75) is 31.9 Å². The van der Waals surface area contributed by atoms with Gasteiger partial charge in [-0.15, -0.1) is 0 Å². The van der Waals surface area contributed by atoms with E-state index in [1.54, 1.807) is 7.11 Å². The molecule has 1 aromatic carbocycles. The molecule has 1 saturated heterocycles. The molecule has 1 aliphatic rings. The average molecular weight is 248 g/mol. The van der Waals surface area contributed by atoms with Gasteiger partial charge in [-0.2, -0.15) is 0 Å². The number of nitrogens with one attached hydrogen (secondary N) is 1. The summed E-state index contributed by atoms with van der Waals surface area (Å²) in [5, 5.41) is 3.59. The Kier molecular flexibility index (Phi) is 5.02. The van der Waals surface area contributed by atoms with Gasteiger partial charge in [-0.05, 0) is 31.9 Å². The molecule has 18 heavy (non-hydrogen) atoms. The van der Waals surface area contributed by atoms with Crippen molar-refractivity contribution in [3.63, 3.8) is 0 Å². The van der Waals surface area contributed by atoms with Crippen LogP contribution >= 0.6 is 0 Å². The molecule has 0 bridgehead atoms. The maximum atomic E-state index is 5.26. The van der Waals surface area contributed by atoms with E-state index >= 15 is 0 Å². The smallest absolute Gasteiger partial charge is 0.0667 e. The van der Waals surface area contributed by atoms with Crippen molar-refractivity contribution < 1.29 is 4.74 Å². The van der Waals surface area contributed by atoms with Crippen molar-refractivity contribution in [1.82, 2.24) is 5.32 Å². The molecule has 100 valence electrons. The fraction of sp³-hybridized carbons (Fsp3) is 0.600. The molecule has 0 aliphatic carbocycles. The minimum atomic E-state index is 0.303. The quantitative estimate of drug-likeness (QED) is 0.865. The average Bonchev–Trinajstić information content (AvgIpc) is 2.46. The fourth-order valence-corrected chi connectivity index (χ4v) is 2.40. The lowest BCUT2D eigenvalue weighted by Gasteiger charge is -2.34. The van der Waals surface area contributed by atoms with Crippen molar-refractivity contribution in [1.29, 1.82) is 0 Å². The van der Waals surface area contributed by atoms with Crippen molar-refractivity contribution in [3.8, 4) is 0 Å². The largest absolute Gasteiger partial charge is 0.380 e. The number of methoxy groups -OCH3 is 1. The van der Waals surface area contributed by atoms with Crippen LogP contribution in [0, 0.1) is 0 Å². The Bertz CT molecular complexity index is 334. The number of hydrogen-bond acceptors (Lipinski definition) is 3. The van der Waals surface area contributed by atoms with Crippen LogP contribution in [-0.4, -0.2) is 38.9 Å². The Balaban J connectivity index is 1.75. The highest BCUT2D eigenvalue weighted by Gasteiger charge is 2.19. The number of benzene rings is 1. The van der Waals surface area contributed by atoms with Crippen LogP contribution in [-0.2, 0) is 4.74 Å². The lowest BCUT2D eigenvalue weighted by atomic mass is 10.0. The summed E-state index contributed by atoms with van der Waals surface area (Å²) in [5.74, 6) is 0. The van der Waals surface area contributed by atoms with Gasteiger partial charge in [-0.3, -0.25) is 0 Å². The predicted octanol–water partition coefficient (Wildman–Crippen LogP) is 2.28. The Morgan fingerprint density at radius 2 is 1.94 bits per heavy atom. The fourth-order valence-electron chi connectivity index (χ4n) is 2.40. The molecule has 1 fully saturated rings. The summed E-state index contributed by atoms with van der Waals surface area (Å²) >= 11 is 0. The first-order valence-electron chi connectivity index (χ1n) is 6.86. The van der Waals surface area contributed by atoms with Gasteiger partial charge in [0, 0.05) is 38.5 Å². The van der Waals surface area contributed by atoms with Gasteiger partial charge >= 0.3 is 0 Å². The Labute approximate surface area is 110 Å². The number of hydrogen-bond donors (Lipinski definition) is 1. The van der Waals surface area contributed by atoms with Gasteiger partial charge < -0.3 is 15.0 Å². The zero-order chi connectivity index (χ0) is 12.8. The monoisotopic (exact) mass is 248 g/mol. The summed E-state index contributed by atoms with van der Waals surface area (Å²) in [6.07, 6.45) is 2.73. The molecule has 0 aromatic heterocycles. The Hall–Kier alpha value is -1.06. The summed E-state index contributed by atoms with van der Waals surface area (Å²) in [5.41, 5.74) is 1.35. The van der Waals surface area contributed by atoms with E-state index in [0.717, 1.165) is 19.6 Å². The van der Waals surface area contributed by atoms with Crippen molar-refractivity contribution in [2.75, 3.05) is 31.6 Å². The van der Waals surface area contributed by atoms with E-state index in [0.29, 0.717) is 12.1 Å². The summed E-state index contributed by atoms with van der Waals surface area (Å²) in [7, 11) is 1.77. The first-order chi connectivity index (χ1) is 8.79. The van der Waals surface area contributed by atoms with Gasteiger partial charge in [0.15, 0.2) is 0 Å². The van der Waals surface area contributed by atoms with Gasteiger partial charge in [0.05, 0.1) is 6.10 Å². The first kappa shape index (κ1) is 13.4. The highest BCUT2D eigenvalue weighted by atomic mass is 16.5. The topological polar surface area (TPSA) is 24.5 Å². The molecule has 0 amide bonds. The standard InChI is InChI=1S/C15H24N2O/c1-13(18-2)12-16-14-8-10-17(11-9-14)15-6-4-3-5-7-15/h3-7,13-14,16H,8-12H2,1-2H3/t13-/m0/s1. The second-order valence-electron chi connectivity index (χ2n) is 5.05. The van der Waals surface area contributed by atoms with E-state index in [9.17, 15) is 0 Å². The Morgan fingerprint density at radius 1 is 1.28 bits per heavy atom. The van der Waals surface area contributed by atoms with Gasteiger partial charge in [-0.25, -0.2) is 0 Å². The van der Waals surface area contributed by atoms with Gasteiger partial charge in [0.2, 0.25) is 0 Å². The molecule has 3 nitrogen and oxygen atoms in total. The third-order valence-corrected chi connectivity index (χ3v) is 3.71. The summed E-state index contributed by atoms with van der Waals surface area (Å²) in [6.45, 7) is 5.34. The van der Waals surface area contributed by atoms with Crippen LogP contribution in [0.2, 0.25) is 0 Å². The van der Waals surface area contributed by atoms with Gasteiger partial charge in [0.1, 0.15) is 0 Å². The van der Waals surface area contributed by atoms with Crippen molar-refractivity contribution in [3.05, 3.63) is 30.3 Å². The zero-order valence-corrected chi connectivity index (χ0v) is 11.4. The van der Waals surface area contributed by atoms with Crippen LogP contribution in [0.4, 0.5) is 5.69 Å². The lowest BCUT2D eigenvalue weighted by Crippen LogP contribution is -2.44. The number of anilines is 1. The minimum Gasteiger partial charge on any atom is -0.380 e. The molecule has 0 saturated carbocycles. The third kappa shape index (κ3) is 3.72. The molecular formula is C15H24N2O. The number of ether oxygens (including phenoxy) is 1. The van der Waals surface area contributed by atoms with Crippen LogP contribution < -0.4 is 10.2 Å². The lowest BCUT2D eigenvalue weighted by molar-refractivity contribution is 0.113. The van der Waals surface area contributed by atoms with Crippen molar-refractivity contribution in [2.24, 2.45) is 0 Å². The van der Waals surface area contributed by atoms with Gasteiger partial charge in [0.25, 0.3) is 0 Å². The van der Waals surface area contributed by atoms with E-state index in [1.807, 2.05) is 0 Å². The van der Waals surface area contributed by atoms with Crippen LogP contribution in [0.15, 0.2) is 30.3 Å². The molecule has 1 atom stereocenters. The number of rotatable bonds is 5. The molecule has 0 unspecified atom stereocenters. The highest BCUT2D eigenvalue weighted by Crippen LogP contribution is 2.19. The molecule has 3 heteroatoms. The number of piperidine rings is 1. The maximum Gasteiger partial charge on any atom is 0.0667 e. The second-order valence-corrected chi connectivity index (χ2v) is 5.05. The van der Waals surface area contributed by atoms with E-state index in [4.69, 9.17) is 4.74 Å². The number of para-hydroxylation sites is 1. The summed E-state index contributed by atoms with van der Waals surface area (Å²) < 4.78 is 5.26. The molecule has 1 aliphatic heterocycles. The molecule has 0 radical (unpaired) electrons. The minimum absolute atomic E-state index is 0.303. The van der Waals surface area contributed by atoms with E-state index in [1.165, 1.54) is 18.5 Å². The molecule has 1 N–H and O–H groups in total. The normalized spacial score (nSPS) is 18.9. The third-order valence-electron chi connectivity index (χ3n) is 3.71. The predicted molar refractivity (Wildman–Crippen MR) is 76.2 cm³/mol. The number of nitrogens with zero attached hydrogens (tertiary/aromatic N) is 1. The highest BCUT2D eigenvalue weighted by molar-refractivity contribution is 5.46. The van der Waals surface area contributed by atoms with Gasteiger partial charge in [-0.1, -0.05) is 18.2 Å². The van der Waals surface area contributed by atoms with Crippen LogP contribution in [0.1, 0.15) is 19.8 Å².